The molecule has 32 heavy (non-hydrogen) atoms. The number of urea groups is 1. The van der Waals surface area contributed by atoms with Gasteiger partial charge >= 0.3 is 12.0 Å². The molecule has 0 aliphatic carbocycles. The summed E-state index contributed by atoms with van der Waals surface area (Å²) in [5, 5.41) is 9.53. The number of likely N-dealkylation sites (N-methyl/N-ethyl adjacent to an activating group) is 1. The predicted molar refractivity (Wildman–Crippen MR) is 117 cm³/mol. The van der Waals surface area contributed by atoms with Gasteiger partial charge in [0.15, 0.2) is 0 Å². The average molecular weight is 451 g/mol. The number of carbonyl (C=O) groups excluding carboxylic acids is 2. The molecule has 0 aromatic heterocycles. The monoisotopic (exact) mass is 450 g/mol. The lowest BCUT2D eigenvalue weighted by Gasteiger charge is -2.36. The van der Waals surface area contributed by atoms with E-state index in [4.69, 9.17) is 14.2 Å². The Morgan fingerprint density at radius 3 is 2.41 bits per heavy atom. The molecule has 1 heterocycles. The molecule has 0 bridgehead atoms. The van der Waals surface area contributed by atoms with Gasteiger partial charge in [-0.05, 0) is 38.7 Å². The number of methoxy groups -OCH3 is 1. The number of imide groups is 1. The van der Waals surface area contributed by atoms with Crippen LogP contribution in [0.2, 0.25) is 0 Å². The Balaban J connectivity index is 2.25. The largest absolute Gasteiger partial charge is 0.496 e. The quantitative estimate of drug-likeness (QED) is 0.617. The van der Waals surface area contributed by atoms with E-state index in [-0.39, 0.29) is 6.54 Å². The van der Waals surface area contributed by atoms with E-state index in [0.29, 0.717) is 31.5 Å². The molecule has 1 N–H and O–H groups in total. The second-order valence-electron chi connectivity index (χ2n) is 8.50. The number of carbonyl (C=O) groups is 3. The van der Waals surface area contributed by atoms with Gasteiger partial charge in [0.25, 0.3) is 0 Å². The number of benzene rings is 1. The van der Waals surface area contributed by atoms with Gasteiger partial charge in [-0.3, -0.25) is 4.79 Å². The third kappa shape index (κ3) is 6.20. The maximum Gasteiger partial charge on any atom is 0.329 e. The van der Waals surface area contributed by atoms with Crippen molar-refractivity contribution < 1.29 is 33.7 Å². The van der Waals surface area contributed by atoms with E-state index in [0.717, 1.165) is 23.3 Å². The highest BCUT2D eigenvalue weighted by molar-refractivity contribution is 5.99. The maximum atomic E-state index is 13.1. The van der Waals surface area contributed by atoms with Crippen molar-refractivity contribution >= 4 is 17.9 Å². The maximum absolute atomic E-state index is 13.1. The first kappa shape index (κ1) is 25.6. The Morgan fingerprint density at radius 2 is 1.84 bits per heavy atom. The van der Waals surface area contributed by atoms with Crippen LogP contribution in [0.1, 0.15) is 45.3 Å². The second kappa shape index (κ2) is 11.3. The number of rotatable bonds is 9. The predicted octanol–water partition coefficient (Wildman–Crippen LogP) is 2.94. The number of ether oxygens (including phenoxy) is 3. The minimum Gasteiger partial charge on any atom is -0.496 e. The van der Waals surface area contributed by atoms with E-state index in [1.165, 1.54) is 32.7 Å². The molecule has 1 atom stereocenters. The van der Waals surface area contributed by atoms with Gasteiger partial charge in [-0.15, -0.1) is 0 Å². The summed E-state index contributed by atoms with van der Waals surface area (Å²) in [6.07, 6.45) is 1.28. The Kier molecular flexibility index (Phi) is 9.03. The molecular formula is C23H34N2O7. The standard InChI is InChI=1S/C23H34N2O7/c1-16(26)25(23(2,3)21(27)28)22(29)24(4)14-20(18-8-6-7-9-19(18)30-5)32-15-17-10-12-31-13-11-17/h6-9,17,20H,10-15H2,1-5H3,(H,27,28)/t20-/m0/s1. The Morgan fingerprint density at radius 1 is 1.22 bits per heavy atom. The number of carboxylic acid groups (broad SMARTS) is 1. The molecule has 3 amide bonds. The molecule has 0 unspecified atom stereocenters. The highest BCUT2D eigenvalue weighted by Gasteiger charge is 2.42. The second-order valence-corrected chi connectivity index (χ2v) is 8.50. The summed E-state index contributed by atoms with van der Waals surface area (Å²) in [6, 6.07) is 6.69. The van der Waals surface area contributed by atoms with Crippen molar-refractivity contribution in [3.63, 3.8) is 0 Å². The minimum atomic E-state index is -1.69. The normalized spacial score (nSPS) is 15.7. The fourth-order valence-electron chi connectivity index (χ4n) is 3.70. The summed E-state index contributed by atoms with van der Waals surface area (Å²) in [7, 11) is 3.09. The zero-order chi connectivity index (χ0) is 23.9. The number of hydrogen-bond acceptors (Lipinski definition) is 6. The van der Waals surface area contributed by atoms with E-state index >= 15 is 0 Å². The van der Waals surface area contributed by atoms with Crippen LogP contribution < -0.4 is 4.74 Å². The summed E-state index contributed by atoms with van der Waals surface area (Å²) in [4.78, 5) is 39.1. The molecule has 9 nitrogen and oxygen atoms in total. The zero-order valence-corrected chi connectivity index (χ0v) is 19.5. The fraction of sp³-hybridized carbons (Fsp3) is 0.609. The fourth-order valence-corrected chi connectivity index (χ4v) is 3.70. The smallest absolute Gasteiger partial charge is 0.329 e. The number of amides is 3. The molecule has 1 aliphatic heterocycles. The summed E-state index contributed by atoms with van der Waals surface area (Å²) >= 11 is 0. The molecule has 9 heteroatoms. The molecule has 1 aliphatic rings. The van der Waals surface area contributed by atoms with Crippen LogP contribution in [0.3, 0.4) is 0 Å². The molecule has 1 fully saturated rings. The molecule has 1 aromatic rings. The molecule has 0 radical (unpaired) electrons. The topological polar surface area (TPSA) is 106 Å². The van der Waals surface area contributed by atoms with Crippen molar-refractivity contribution in [3.05, 3.63) is 29.8 Å². The number of nitrogens with zero attached hydrogens (tertiary/aromatic N) is 2. The summed E-state index contributed by atoms with van der Waals surface area (Å²) in [5.41, 5.74) is -0.923. The first-order valence-electron chi connectivity index (χ1n) is 10.7. The third-order valence-electron chi connectivity index (χ3n) is 5.71. The van der Waals surface area contributed by atoms with E-state index in [9.17, 15) is 19.5 Å². The lowest BCUT2D eigenvalue weighted by Crippen LogP contribution is -2.58. The van der Waals surface area contributed by atoms with Crippen molar-refractivity contribution in [2.45, 2.75) is 45.3 Å². The van der Waals surface area contributed by atoms with Gasteiger partial charge in [-0.1, -0.05) is 18.2 Å². The summed E-state index contributed by atoms with van der Waals surface area (Å²) in [5.74, 6) is -0.945. The highest BCUT2D eigenvalue weighted by Crippen LogP contribution is 2.30. The van der Waals surface area contributed by atoms with Gasteiger partial charge in [0.05, 0.1) is 20.3 Å². The Labute approximate surface area is 189 Å². The van der Waals surface area contributed by atoms with Crippen LogP contribution in [-0.2, 0) is 19.1 Å². The van der Waals surface area contributed by atoms with Crippen LogP contribution in [0.5, 0.6) is 5.75 Å². The van der Waals surface area contributed by atoms with Gasteiger partial charge in [0.1, 0.15) is 17.4 Å². The van der Waals surface area contributed by atoms with Crippen molar-refractivity contribution in [1.29, 1.82) is 0 Å². The lowest BCUT2D eigenvalue weighted by atomic mass is 10.0. The molecule has 0 saturated carbocycles. The van der Waals surface area contributed by atoms with E-state index in [1.807, 2.05) is 24.3 Å². The number of hydrogen-bond donors (Lipinski definition) is 1. The van der Waals surface area contributed by atoms with Crippen molar-refractivity contribution in [2.75, 3.05) is 40.5 Å². The van der Waals surface area contributed by atoms with Crippen LogP contribution in [-0.4, -0.2) is 78.9 Å². The van der Waals surface area contributed by atoms with Crippen LogP contribution in [0.25, 0.3) is 0 Å². The van der Waals surface area contributed by atoms with Crippen LogP contribution in [0, 0.1) is 5.92 Å². The van der Waals surface area contributed by atoms with Gasteiger partial charge in [0.2, 0.25) is 5.91 Å². The molecule has 2 rings (SSSR count). The van der Waals surface area contributed by atoms with Gasteiger partial charge in [0, 0.05) is 32.7 Å². The van der Waals surface area contributed by atoms with E-state index in [1.54, 1.807) is 7.11 Å². The van der Waals surface area contributed by atoms with Gasteiger partial charge < -0.3 is 24.2 Å². The number of para-hydroxylation sites is 1. The van der Waals surface area contributed by atoms with Crippen LogP contribution >= 0.6 is 0 Å². The highest BCUT2D eigenvalue weighted by atomic mass is 16.5. The average Bonchev–Trinajstić information content (AvgIpc) is 2.76. The number of carboxylic acids is 1. The summed E-state index contributed by atoms with van der Waals surface area (Å²) < 4.78 is 17.2. The Bertz CT molecular complexity index is 805. The molecular weight excluding hydrogens is 416 g/mol. The SMILES string of the molecule is COc1ccccc1[C@H](CN(C)C(=O)N(C(C)=O)C(C)(C)C(=O)O)OCC1CCOCC1. The van der Waals surface area contributed by atoms with Gasteiger partial charge in [-0.2, -0.15) is 0 Å². The van der Waals surface area contributed by atoms with Gasteiger partial charge in [-0.25, -0.2) is 14.5 Å². The number of aliphatic carboxylic acids is 1. The van der Waals surface area contributed by atoms with Crippen molar-refractivity contribution in [2.24, 2.45) is 5.92 Å². The van der Waals surface area contributed by atoms with Crippen molar-refractivity contribution in [1.82, 2.24) is 9.80 Å². The zero-order valence-electron chi connectivity index (χ0n) is 19.5. The first-order valence-corrected chi connectivity index (χ1v) is 10.7. The van der Waals surface area contributed by atoms with Crippen LogP contribution in [0.4, 0.5) is 4.79 Å². The Hall–Kier alpha value is -2.65. The third-order valence-corrected chi connectivity index (χ3v) is 5.71. The van der Waals surface area contributed by atoms with E-state index in [2.05, 4.69) is 0 Å². The summed E-state index contributed by atoms with van der Waals surface area (Å²) in [6.45, 7) is 5.82. The molecule has 178 valence electrons. The molecule has 0 spiro atoms. The first-order chi connectivity index (χ1) is 15.1. The van der Waals surface area contributed by atoms with Crippen LogP contribution in [0.15, 0.2) is 24.3 Å². The minimum absolute atomic E-state index is 0.113. The van der Waals surface area contributed by atoms with E-state index < -0.39 is 29.6 Å². The lowest BCUT2D eigenvalue weighted by molar-refractivity contribution is -0.153. The molecule has 1 saturated heterocycles. The molecule has 1 aromatic carbocycles. The van der Waals surface area contributed by atoms with Crippen molar-refractivity contribution in [3.8, 4) is 5.75 Å².